The van der Waals surface area contributed by atoms with Crippen LogP contribution < -0.4 is 0 Å². The van der Waals surface area contributed by atoms with Crippen molar-refractivity contribution in [3.05, 3.63) is 0 Å². The highest BCUT2D eigenvalue weighted by Gasteiger charge is 2.52. The third kappa shape index (κ3) is 2.30. The van der Waals surface area contributed by atoms with E-state index < -0.39 is 5.97 Å². The van der Waals surface area contributed by atoms with Crippen molar-refractivity contribution in [3.8, 4) is 0 Å². The molecule has 1 amide bonds. The normalized spacial score (nSPS) is 28.6. The van der Waals surface area contributed by atoms with Crippen LogP contribution in [0.2, 0.25) is 0 Å². The second-order valence-corrected chi connectivity index (χ2v) is 4.59. The number of hydrogen-bond acceptors (Lipinski definition) is 2. The summed E-state index contributed by atoms with van der Waals surface area (Å²) in [5, 5.41) is 8.66. The summed E-state index contributed by atoms with van der Waals surface area (Å²) >= 11 is 0. The SMILES string of the molecule is CCN(CC(=O)O)C(=O)C1CC1C1CC1. The Morgan fingerprint density at radius 1 is 1.40 bits per heavy atom. The average molecular weight is 211 g/mol. The molecule has 0 aromatic heterocycles. The molecule has 0 saturated heterocycles. The first-order valence-electron chi connectivity index (χ1n) is 5.64. The van der Waals surface area contributed by atoms with Crippen LogP contribution in [0.3, 0.4) is 0 Å². The number of nitrogens with zero attached hydrogens (tertiary/aromatic N) is 1. The summed E-state index contributed by atoms with van der Waals surface area (Å²) in [4.78, 5) is 23.9. The first-order chi connectivity index (χ1) is 7.13. The molecule has 2 aliphatic rings. The Labute approximate surface area is 89.3 Å². The molecule has 0 radical (unpaired) electrons. The van der Waals surface area contributed by atoms with Crippen molar-refractivity contribution in [2.24, 2.45) is 17.8 Å². The maximum absolute atomic E-state index is 11.9. The number of carbonyl (C=O) groups excluding carboxylic acids is 1. The molecular formula is C11H17NO3. The maximum Gasteiger partial charge on any atom is 0.323 e. The monoisotopic (exact) mass is 211 g/mol. The van der Waals surface area contributed by atoms with E-state index in [-0.39, 0.29) is 18.4 Å². The minimum Gasteiger partial charge on any atom is -0.480 e. The minimum absolute atomic E-state index is 0.0526. The summed E-state index contributed by atoms with van der Waals surface area (Å²) in [5.41, 5.74) is 0. The van der Waals surface area contributed by atoms with Crippen LogP contribution in [0.25, 0.3) is 0 Å². The largest absolute Gasteiger partial charge is 0.480 e. The molecule has 4 heteroatoms. The third-order valence-electron chi connectivity index (χ3n) is 3.40. The molecule has 2 atom stereocenters. The van der Waals surface area contributed by atoms with E-state index in [1.807, 2.05) is 6.92 Å². The summed E-state index contributed by atoms with van der Waals surface area (Å²) < 4.78 is 0. The quantitative estimate of drug-likeness (QED) is 0.737. The molecule has 84 valence electrons. The molecule has 0 heterocycles. The van der Waals surface area contributed by atoms with E-state index in [9.17, 15) is 9.59 Å². The van der Waals surface area contributed by atoms with E-state index in [1.165, 1.54) is 17.7 Å². The van der Waals surface area contributed by atoms with Crippen LogP contribution in [0.4, 0.5) is 0 Å². The zero-order valence-corrected chi connectivity index (χ0v) is 8.98. The van der Waals surface area contributed by atoms with Crippen LogP contribution in [0, 0.1) is 17.8 Å². The van der Waals surface area contributed by atoms with Crippen molar-refractivity contribution in [2.45, 2.75) is 26.2 Å². The number of aliphatic carboxylic acids is 1. The van der Waals surface area contributed by atoms with Gasteiger partial charge in [-0.05, 0) is 38.0 Å². The number of carboxylic acid groups (broad SMARTS) is 1. The second-order valence-electron chi connectivity index (χ2n) is 4.59. The van der Waals surface area contributed by atoms with Gasteiger partial charge in [0.1, 0.15) is 6.54 Å². The van der Waals surface area contributed by atoms with Crippen LogP contribution in [0.15, 0.2) is 0 Å². The molecule has 4 nitrogen and oxygen atoms in total. The van der Waals surface area contributed by atoms with E-state index in [2.05, 4.69) is 0 Å². The molecule has 2 rings (SSSR count). The second kappa shape index (κ2) is 3.83. The topological polar surface area (TPSA) is 57.6 Å². The molecule has 0 aliphatic heterocycles. The molecule has 1 N–H and O–H groups in total. The summed E-state index contributed by atoms with van der Waals surface area (Å²) in [5.74, 6) is 0.602. The van der Waals surface area contributed by atoms with Crippen LogP contribution in [0.1, 0.15) is 26.2 Å². The average Bonchev–Trinajstić information content (AvgIpc) is 3.02. The number of carbonyl (C=O) groups is 2. The summed E-state index contributed by atoms with van der Waals surface area (Å²) in [6.07, 6.45) is 3.51. The highest BCUT2D eigenvalue weighted by atomic mass is 16.4. The number of hydrogen-bond donors (Lipinski definition) is 1. The summed E-state index contributed by atoms with van der Waals surface area (Å²) in [6.45, 7) is 2.18. The Kier molecular flexibility index (Phi) is 2.67. The Balaban J connectivity index is 1.85. The highest BCUT2D eigenvalue weighted by Crippen LogP contribution is 2.54. The van der Waals surface area contributed by atoms with Crippen LogP contribution in [0.5, 0.6) is 0 Å². The molecular weight excluding hydrogens is 194 g/mol. The zero-order chi connectivity index (χ0) is 11.0. The van der Waals surface area contributed by atoms with Gasteiger partial charge in [-0.1, -0.05) is 0 Å². The van der Waals surface area contributed by atoms with Crippen LogP contribution in [-0.4, -0.2) is 35.0 Å². The van der Waals surface area contributed by atoms with Gasteiger partial charge in [-0.15, -0.1) is 0 Å². The van der Waals surface area contributed by atoms with E-state index in [4.69, 9.17) is 5.11 Å². The van der Waals surface area contributed by atoms with Crippen molar-refractivity contribution in [3.63, 3.8) is 0 Å². The minimum atomic E-state index is -0.922. The van der Waals surface area contributed by atoms with Gasteiger partial charge in [0.05, 0.1) is 0 Å². The zero-order valence-electron chi connectivity index (χ0n) is 8.98. The van der Waals surface area contributed by atoms with Crippen molar-refractivity contribution >= 4 is 11.9 Å². The fraction of sp³-hybridized carbons (Fsp3) is 0.818. The standard InChI is InChI=1S/C11H17NO3/c1-2-12(6-10(13)14)11(15)9-5-8(9)7-3-4-7/h7-9H,2-6H2,1H3,(H,13,14). The first kappa shape index (κ1) is 10.5. The number of amides is 1. The van der Waals surface area contributed by atoms with E-state index in [1.54, 1.807) is 0 Å². The van der Waals surface area contributed by atoms with Gasteiger partial charge in [-0.2, -0.15) is 0 Å². The number of rotatable bonds is 5. The fourth-order valence-electron chi connectivity index (χ4n) is 2.29. The Morgan fingerprint density at radius 3 is 2.53 bits per heavy atom. The molecule has 15 heavy (non-hydrogen) atoms. The first-order valence-corrected chi connectivity index (χ1v) is 5.64. The Bertz CT molecular complexity index is 286. The lowest BCUT2D eigenvalue weighted by molar-refractivity contribution is -0.145. The van der Waals surface area contributed by atoms with Gasteiger partial charge in [0.15, 0.2) is 0 Å². The van der Waals surface area contributed by atoms with Gasteiger partial charge in [0.25, 0.3) is 0 Å². The van der Waals surface area contributed by atoms with Crippen molar-refractivity contribution in [2.75, 3.05) is 13.1 Å². The van der Waals surface area contributed by atoms with Crippen molar-refractivity contribution in [1.82, 2.24) is 4.90 Å². The summed E-state index contributed by atoms with van der Waals surface area (Å²) in [7, 11) is 0. The molecule has 2 fully saturated rings. The lowest BCUT2D eigenvalue weighted by Crippen LogP contribution is -2.36. The van der Waals surface area contributed by atoms with E-state index in [0.717, 1.165) is 12.3 Å². The molecule has 0 aromatic rings. The van der Waals surface area contributed by atoms with Gasteiger partial charge >= 0.3 is 5.97 Å². The third-order valence-corrected chi connectivity index (χ3v) is 3.40. The van der Waals surface area contributed by atoms with E-state index in [0.29, 0.717) is 12.5 Å². The molecule has 2 unspecified atom stereocenters. The molecule has 0 aromatic carbocycles. The lowest BCUT2D eigenvalue weighted by Gasteiger charge is -2.18. The fourth-order valence-corrected chi connectivity index (χ4v) is 2.29. The van der Waals surface area contributed by atoms with Gasteiger partial charge in [0, 0.05) is 12.5 Å². The lowest BCUT2D eigenvalue weighted by atomic mass is 10.2. The van der Waals surface area contributed by atoms with E-state index >= 15 is 0 Å². The maximum atomic E-state index is 11.9. The Hall–Kier alpha value is -1.06. The molecule has 2 aliphatic carbocycles. The van der Waals surface area contributed by atoms with Gasteiger partial charge < -0.3 is 10.0 Å². The van der Waals surface area contributed by atoms with Crippen LogP contribution in [-0.2, 0) is 9.59 Å². The summed E-state index contributed by atoms with van der Waals surface area (Å²) in [6, 6.07) is 0. The number of carboxylic acids is 1. The predicted molar refractivity (Wildman–Crippen MR) is 54.2 cm³/mol. The van der Waals surface area contributed by atoms with Gasteiger partial charge in [-0.25, -0.2) is 0 Å². The van der Waals surface area contributed by atoms with Gasteiger partial charge in [-0.3, -0.25) is 9.59 Å². The molecule has 0 bridgehead atoms. The van der Waals surface area contributed by atoms with Crippen molar-refractivity contribution < 1.29 is 14.7 Å². The van der Waals surface area contributed by atoms with Gasteiger partial charge in [0.2, 0.25) is 5.91 Å². The van der Waals surface area contributed by atoms with Crippen molar-refractivity contribution in [1.29, 1.82) is 0 Å². The smallest absolute Gasteiger partial charge is 0.323 e. The Morgan fingerprint density at radius 2 is 2.07 bits per heavy atom. The molecule has 0 spiro atoms. The number of likely N-dealkylation sites (N-methyl/N-ethyl adjacent to an activating group) is 1. The predicted octanol–water partition coefficient (Wildman–Crippen LogP) is 0.966. The highest BCUT2D eigenvalue weighted by molar-refractivity contribution is 5.85. The molecule has 2 saturated carbocycles. The van der Waals surface area contributed by atoms with Crippen LogP contribution >= 0.6 is 0 Å².